The molecule has 0 aliphatic rings. The Kier molecular flexibility index (Phi) is 5.66. The van der Waals surface area contributed by atoms with Crippen molar-refractivity contribution >= 4 is 15.6 Å². The molecular formula is C14H19FO3S. The second-order valence-corrected chi connectivity index (χ2v) is 6.97. The van der Waals surface area contributed by atoms with Crippen molar-refractivity contribution in [2.75, 3.05) is 5.75 Å². The van der Waals surface area contributed by atoms with Crippen molar-refractivity contribution in [1.29, 1.82) is 0 Å². The molecule has 0 spiro atoms. The Morgan fingerprint density at radius 1 is 1.26 bits per heavy atom. The third-order valence-electron chi connectivity index (χ3n) is 2.76. The highest BCUT2D eigenvalue weighted by molar-refractivity contribution is 7.92. The van der Waals surface area contributed by atoms with Gasteiger partial charge in [-0.05, 0) is 24.5 Å². The van der Waals surface area contributed by atoms with Crippen LogP contribution in [0.15, 0.2) is 29.2 Å². The number of hydrogen-bond donors (Lipinski definition) is 0. The van der Waals surface area contributed by atoms with Crippen LogP contribution in [-0.2, 0) is 14.6 Å². The van der Waals surface area contributed by atoms with Crippen LogP contribution in [0.4, 0.5) is 4.39 Å². The molecule has 3 nitrogen and oxygen atoms in total. The molecule has 0 aromatic heterocycles. The van der Waals surface area contributed by atoms with E-state index in [1.807, 2.05) is 13.8 Å². The van der Waals surface area contributed by atoms with Gasteiger partial charge in [0.05, 0.1) is 0 Å². The minimum atomic E-state index is -3.87. The lowest BCUT2D eigenvalue weighted by molar-refractivity contribution is -0.116. The van der Waals surface area contributed by atoms with E-state index in [1.54, 1.807) is 0 Å². The SMILES string of the molecule is CC(C)CCCC(=O)CS(=O)(=O)c1ccccc1F. The van der Waals surface area contributed by atoms with Crippen molar-refractivity contribution in [2.45, 2.75) is 38.0 Å². The van der Waals surface area contributed by atoms with Gasteiger partial charge in [0, 0.05) is 6.42 Å². The van der Waals surface area contributed by atoms with Crippen LogP contribution in [0.5, 0.6) is 0 Å². The Morgan fingerprint density at radius 3 is 2.47 bits per heavy atom. The molecule has 0 amide bonds. The van der Waals surface area contributed by atoms with Crippen LogP contribution in [0.25, 0.3) is 0 Å². The van der Waals surface area contributed by atoms with Crippen molar-refractivity contribution < 1.29 is 17.6 Å². The first-order chi connectivity index (χ1) is 8.83. The molecule has 106 valence electrons. The maximum Gasteiger partial charge on any atom is 0.188 e. The summed E-state index contributed by atoms with van der Waals surface area (Å²) in [5, 5.41) is 0. The number of hydrogen-bond acceptors (Lipinski definition) is 3. The van der Waals surface area contributed by atoms with Gasteiger partial charge in [0.1, 0.15) is 22.2 Å². The Balaban J connectivity index is 2.65. The van der Waals surface area contributed by atoms with Crippen molar-refractivity contribution in [1.82, 2.24) is 0 Å². The topological polar surface area (TPSA) is 51.2 Å². The van der Waals surface area contributed by atoms with Crippen LogP contribution in [0.3, 0.4) is 0 Å². The number of carbonyl (C=O) groups excluding carboxylic acids is 1. The predicted molar refractivity (Wildman–Crippen MR) is 72.1 cm³/mol. The third kappa shape index (κ3) is 5.11. The first kappa shape index (κ1) is 15.8. The average molecular weight is 286 g/mol. The van der Waals surface area contributed by atoms with Gasteiger partial charge in [-0.3, -0.25) is 4.79 Å². The predicted octanol–water partition coefficient (Wildman–Crippen LogP) is 2.99. The summed E-state index contributed by atoms with van der Waals surface area (Å²) in [5.74, 6) is -1.30. The zero-order chi connectivity index (χ0) is 14.5. The van der Waals surface area contributed by atoms with Crippen molar-refractivity contribution in [3.05, 3.63) is 30.1 Å². The van der Waals surface area contributed by atoms with Crippen LogP contribution >= 0.6 is 0 Å². The number of rotatable bonds is 7. The number of halogens is 1. The Morgan fingerprint density at radius 2 is 1.89 bits per heavy atom. The maximum absolute atomic E-state index is 13.4. The third-order valence-corrected chi connectivity index (χ3v) is 4.46. The van der Waals surface area contributed by atoms with E-state index in [1.165, 1.54) is 18.2 Å². The molecule has 0 aliphatic heterocycles. The van der Waals surface area contributed by atoms with E-state index in [2.05, 4.69) is 0 Å². The summed E-state index contributed by atoms with van der Waals surface area (Å²) in [7, 11) is -3.87. The highest BCUT2D eigenvalue weighted by Crippen LogP contribution is 2.16. The molecule has 0 radical (unpaired) electrons. The second-order valence-electron chi connectivity index (χ2n) is 5.01. The van der Waals surface area contributed by atoms with Gasteiger partial charge in [-0.2, -0.15) is 0 Å². The molecule has 0 fully saturated rings. The molecule has 0 saturated carbocycles. The molecule has 1 aromatic carbocycles. The summed E-state index contributed by atoms with van der Waals surface area (Å²) < 4.78 is 37.2. The summed E-state index contributed by atoms with van der Waals surface area (Å²) in [6.07, 6.45) is 1.78. The van der Waals surface area contributed by atoms with Gasteiger partial charge in [0.2, 0.25) is 0 Å². The summed E-state index contributed by atoms with van der Waals surface area (Å²) in [6.45, 7) is 4.08. The van der Waals surface area contributed by atoms with Crippen LogP contribution in [0.2, 0.25) is 0 Å². The molecule has 0 N–H and O–H groups in total. The van der Waals surface area contributed by atoms with Gasteiger partial charge in [0.15, 0.2) is 9.84 Å². The average Bonchev–Trinajstić information content (AvgIpc) is 2.27. The Hall–Kier alpha value is -1.23. The quantitative estimate of drug-likeness (QED) is 0.774. The number of Topliss-reactive ketones (excluding diaryl/α,β-unsaturated/α-hetero) is 1. The fourth-order valence-corrected chi connectivity index (χ4v) is 3.14. The summed E-state index contributed by atoms with van der Waals surface area (Å²) in [4.78, 5) is 11.2. The molecule has 0 saturated heterocycles. The maximum atomic E-state index is 13.4. The highest BCUT2D eigenvalue weighted by atomic mass is 32.2. The van der Waals surface area contributed by atoms with E-state index >= 15 is 0 Å². The van der Waals surface area contributed by atoms with Gasteiger partial charge in [-0.15, -0.1) is 0 Å². The summed E-state index contributed by atoms with van der Waals surface area (Å²) >= 11 is 0. The number of carbonyl (C=O) groups is 1. The minimum absolute atomic E-state index is 0.228. The zero-order valence-corrected chi connectivity index (χ0v) is 12.0. The van der Waals surface area contributed by atoms with Gasteiger partial charge < -0.3 is 0 Å². The fraction of sp³-hybridized carbons (Fsp3) is 0.500. The van der Waals surface area contributed by atoms with E-state index in [-0.39, 0.29) is 12.2 Å². The molecule has 1 rings (SSSR count). The Bertz CT molecular complexity index is 535. The van der Waals surface area contributed by atoms with Gasteiger partial charge >= 0.3 is 0 Å². The van der Waals surface area contributed by atoms with Gasteiger partial charge in [0.25, 0.3) is 0 Å². The lowest BCUT2D eigenvalue weighted by atomic mass is 10.1. The number of sulfone groups is 1. The largest absolute Gasteiger partial charge is 0.299 e. The standard InChI is InChI=1S/C14H19FO3S/c1-11(2)6-5-7-12(16)10-19(17,18)14-9-4-3-8-13(14)15/h3-4,8-9,11H,5-7,10H2,1-2H3. The van der Waals surface area contributed by atoms with E-state index in [9.17, 15) is 17.6 Å². The molecule has 19 heavy (non-hydrogen) atoms. The van der Waals surface area contributed by atoms with E-state index in [4.69, 9.17) is 0 Å². The first-order valence-electron chi connectivity index (χ1n) is 6.32. The smallest absolute Gasteiger partial charge is 0.188 e. The summed E-state index contributed by atoms with van der Waals surface area (Å²) in [5.41, 5.74) is 0. The molecule has 0 aliphatic carbocycles. The molecule has 0 bridgehead atoms. The summed E-state index contributed by atoms with van der Waals surface area (Å²) in [6, 6.07) is 5.13. The fourth-order valence-electron chi connectivity index (χ4n) is 1.77. The van der Waals surface area contributed by atoms with Gasteiger partial charge in [-0.25, -0.2) is 12.8 Å². The number of ketones is 1. The molecule has 0 heterocycles. The second kappa shape index (κ2) is 6.80. The Labute approximate surface area is 113 Å². The lowest BCUT2D eigenvalue weighted by Gasteiger charge is -2.06. The lowest BCUT2D eigenvalue weighted by Crippen LogP contribution is -2.17. The van der Waals surface area contributed by atoms with Crippen molar-refractivity contribution in [3.63, 3.8) is 0 Å². The molecule has 0 unspecified atom stereocenters. The molecule has 0 atom stereocenters. The molecule has 1 aromatic rings. The van der Waals surface area contributed by atoms with E-state index in [0.29, 0.717) is 12.3 Å². The normalized spacial score (nSPS) is 11.8. The monoisotopic (exact) mass is 286 g/mol. The van der Waals surface area contributed by atoms with Crippen LogP contribution in [-0.4, -0.2) is 20.0 Å². The zero-order valence-electron chi connectivity index (χ0n) is 11.2. The first-order valence-corrected chi connectivity index (χ1v) is 7.97. The molecule has 5 heteroatoms. The van der Waals surface area contributed by atoms with Crippen molar-refractivity contribution in [3.8, 4) is 0 Å². The van der Waals surface area contributed by atoms with Crippen LogP contribution < -0.4 is 0 Å². The van der Waals surface area contributed by atoms with Crippen LogP contribution in [0, 0.1) is 11.7 Å². The minimum Gasteiger partial charge on any atom is -0.299 e. The number of benzene rings is 1. The molecular weight excluding hydrogens is 267 g/mol. The van der Waals surface area contributed by atoms with Gasteiger partial charge in [-0.1, -0.05) is 32.4 Å². The van der Waals surface area contributed by atoms with Crippen molar-refractivity contribution in [2.24, 2.45) is 5.92 Å². The van der Waals surface area contributed by atoms with E-state index in [0.717, 1.165) is 12.5 Å². The van der Waals surface area contributed by atoms with E-state index < -0.39 is 26.3 Å². The highest BCUT2D eigenvalue weighted by Gasteiger charge is 2.22. The van der Waals surface area contributed by atoms with Crippen LogP contribution in [0.1, 0.15) is 33.1 Å².